The van der Waals surface area contributed by atoms with Gasteiger partial charge in [0.2, 0.25) is 0 Å². The number of piperidine rings is 1. The number of hydrogen-bond acceptors (Lipinski definition) is 4. The van der Waals surface area contributed by atoms with Gasteiger partial charge in [-0.25, -0.2) is 4.79 Å². The predicted molar refractivity (Wildman–Crippen MR) is 71.5 cm³/mol. The number of rotatable bonds is 2. The molecule has 0 aromatic heterocycles. The zero-order valence-corrected chi connectivity index (χ0v) is 11.0. The molecule has 0 bridgehead atoms. The van der Waals surface area contributed by atoms with E-state index in [-0.39, 0.29) is 12.1 Å². The number of esters is 1. The lowest BCUT2D eigenvalue weighted by Crippen LogP contribution is -2.35. The summed E-state index contributed by atoms with van der Waals surface area (Å²) in [6, 6.07) is 5.43. The molecule has 0 unspecified atom stereocenters. The molecule has 0 aliphatic carbocycles. The van der Waals surface area contributed by atoms with Crippen LogP contribution in [-0.4, -0.2) is 37.1 Å². The lowest BCUT2D eigenvalue weighted by atomic mass is 10.1. The first kappa shape index (κ1) is 12.9. The molecule has 1 aliphatic rings. The lowest BCUT2D eigenvalue weighted by Gasteiger charge is -2.28. The molecule has 2 rings (SSSR count). The van der Waals surface area contributed by atoms with Crippen LogP contribution in [0.5, 0.6) is 0 Å². The molecule has 18 heavy (non-hydrogen) atoms. The van der Waals surface area contributed by atoms with E-state index >= 15 is 0 Å². The second-order valence-electron chi connectivity index (χ2n) is 5.00. The summed E-state index contributed by atoms with van der Waals surface area (Å²) >= 11 is 0. The largest absolute Gasteiger partial charge is 0.459 e. The first-order valence-corrected chi connectivity index (χ1v) is 6.32. The minimum absolute atomic E-state index is 0.0219. The Labute approximate surface area is 108 Å². The van der Waals surface area contributed by atoms with Crippen LogP contribution in [0.15, 0.2) is 18.2 Å². The van der Waals surface area contributed by atoms with E-state index in [2.05, 4.69) is 11.9 Å². The van der Waals surface area contributed by atoms with Crippen LogP contribution in [0.1, 0.15) is 28.8 Å². The molecule has 1 heterocycles. The van der Waals surface area contributed by atoms with Crippen LogP contribution in [0.25, 0.3) is 0 Å². The molecule has 4 heteroatoms. The molecule has 0 amide bonds. The Kier molecular flexibility index (Phi) is 3.87. The van der Waals surface area contributed by atoms with Crippen LogP contribution in [-0.2, 0) is 4.74 Å². The van der Waals surface area contributed by atoms with Crippen molar-refractivity contribution in [1.29, 1.82) is 0 Å². The molecule has 98 valence electrons. The summed E-state index contributed by atoms with van der Waals surface area (Å²) in [6.07, 6.45) is 1.82. The third kappa shape index (κ3) is 3.01. The molecular weight excluding hydrogens is 228 g/mol. The van der Waals surface area contributed by atoms with Crippen molar-refractivity contribution in [3.05, 3.63) is 29.3 Å². The van der Waals surface area contributed by atoms with Gasteiger partial charge in [0.25, 0.3) is 0 Å². The fourth-order valence-electron chi connectivity index (χ4n) is 2.16. The summed E-state index contributed by atoms with van der Waals surface area (Å²) in [6.45, 7) is 3.88. The van der Waals surface area contributed by atoms with Crippen LogP contribution in [0.2, 0.25) is 0 Å². The Morgan fingerprint density at radius 2 is 2.06 bits per heavy atom. The first-order valence-electron chi connectivity index (χ1n) is 6.32. The maximum absolute atomic E-state index is 12.1. The number of anilines is 1. The molecule has 0 spiro atoms. The summed E-state index contributed by atoms with van der Waals surface area (Å²) in [4.78, 5) is 14.3. The minimum atomic E-state index is -0.300. The van der Waals surface area contributed by atoms with Gasteiger partial charge in [-0.1, -0.05) is 11.6 Å². The highest BCUT2D eigenvalue weighted by Crippen LogP contribution is 2.19. The Bertz CT molecular complexity index is 437. The maximum Gasteiger partial charge on any atom is 0.340 e. The number of nitrogen functional groups attached to an aromatic ring is 1. The predicted octanol–water partition coefficient (Wildman–Crippen LogP) is 1.83. The topological polar surface area (TPSA) is 55.6 Å². The van der Waals surface area contributed by atoms with Crippen LogP contribution in [0, 0.1) is 6.92 Å². The van der Waals surface area contributed by atoms with Crippen LogP contribution in [0.4, 0.5) is 5.69 Å². The number of ether oxygens (including phenoxy) is 1. The van der Waals surface area contributed by atoms with Crippen molar-refractivity contribution < 1.29 is 9.53 Å². The van der Waals surface area contributed by atoms with Gasteiger partial charge >= 0.3 is 5.97 Å². The number of aryl methyl sites for hydroxylation is 1. The smallest absolute Gasteiger partial charge is 0.340 e. The summed E-state index contributed by atoms with van der Waals surface area (Å²) in [7, 11) is 2.08. The Balaban J connectivity index is 2.01. The molecule has 0 atom stereocenters. The van der Waals surface area contributed by atoms with E-state index in [9.17, 15) is 4.79 Å². The normalized spacial score (nSPS) is 17.7. The summed E-state index contributed by atoms with van der Waals surface area (Å²) < 4.78 is 5.52. The van der Waals surface area contributed by atoms with Crippen LogP contribution < -0.4 is 5.73 Å². The molecule has 2 N–H and O–H groups in total. The molecule has 1 aromatic rings. The van der Waals surface area contributed by atoms with Crippen molar-refractivity contribution in [2.24, 2.45) is 0 Å². The van der Waals surface area contributed by atoms with Gasteiger partial charge in [-0.15, -0.1) is 0 Å². The molecular formula is C14H20N2O2. The maximum atomic E-state index is 12.1. The van der Waals surface area contributed by atoms with Gasteiger partial charge < -0.3 is 15.4 Å². The summed E-state index contributed by atoms with van der Waals surface area (Å²) in [5.41, 5.74) is 7.79. The van der Waals surface area contributed by atoms with Crippen LogP contribution >= 0.6 is 0 Å². The molecule has 1 fully saturated rings. The number of carbonyl (C=O) groups excluding carboxylic acids is 1. The number of benzene rings is 1. The number of nitrogens with two attached hydrogens (primary N) is 1. The average Bonchev–Trinajstić information content (AvgIpc) is 2.35. The fourth-order valence-corrected chi connectivity index (χ4v) is 2.16. The third-order valence-electron chi connectivity index (χ3n) is 3.37. The highest BCUT2D eigenvalue weighted by Gasteiger charge is 2.22. The number of hydrogen-bond donors (Lipinski definition) is 1. The van der Waals surface area contributed by atoms with Crippen molar-refractivity contribution >= 4 is 11.7 Å². The van der Waals surface area contributed by atoms with Crippen molar-refractivity contribution in [2.45, 2.75) is 25.9 Å². The number of carbonyl (C=O) groups is 1. The Morgan fingerprint density at radius 1 is 1.39 bits per heavy atom. The average molecular weight is 248 g/mol. The summed E-state index contributed by atoms with van der Waals surface area (Å²) in [5, 5.41) is 0. The van der Waals surface area contributed by atoms with Crippen molar-refractivity contribution in [2.75, 3.05) is 25.9 Å². The van der Waals surface area contributed by atoms with E-state index in [1.165, 1.54) is 0 Å². The minimum Gasteiger partial charge on any atom is -0.459 e. The monoisotopic (exact) mass is 248 g/mol. The standard InChI is InChI=1S/C14H20N2O2/c1-10-3-4-13(15)12(9-10)14(17)18-11-5-7-16(2)8-6-11/h3-4,9,11H,5-8,15H2,1-2H3. The zero-order valence-electron chi connectivity index (χ0n) is 11.0. The number of likely N-dealkylation sites (tertiary alicyclic amines) is 1. The van der Waals surface area contributed by atoms with Crippen molar-refractivity contribution in [3.63, 3.8) is 0 Å². The van der Waals surface area contributed by atoms with Crippen molar-refractivity contribution in [1.82, 2.24) is 4.90 Å². The second-order valence-corrected chi connectivity index (χ2v) is 5.00. The van der Waals surface area contributed by atoms with Gasteiger partial charge in [-0.05, 0) is 38.9 Å². The molecule has 0 radical (unpaired) electrons. The lowest BCUT2D eigenvalue weighted by molar-refractivity contribution is 0.0140. The zero-order chi connectivity index (χ0) is 13.1. The molecule has 1 aromatic carbocycles. The quantitative estimate of drug-likeness (QED) is 0.641. The summed E-state index contributed by atoms with van der Waals surface area (Å²) in [5.74, 6) is -0.300. The third-order valence-corrected chi connectivity index (χ3v) is 3.37. The highest BCUT2D eigenvalue weighted by molar-refractivity contribution is 5.95. The Morgan fingerprint density at radius 3 is 2.72 bits per heavy atom. The van der Waals surface area contributed by atoms with Crippen LogP contribution in [0.3, 0.4) is 0 Å². The second kappa shape index (κ2) is 5.40. The Hall–Kier alpha value is -1.55. The van der Waals surface area contributed by atoms with Gasteiger partial charge in [0.1, 0.15) is 6.10 Å². The molecule has 1 saturated heterocycles. The SMILES string of the molecule is Cc1ccc(N)c(C(=O)OC2CCN(C)CC2)c1. The van der Waals surface area contributed by atoms with E-state index in [1.54, 1.807) is 12.1 Å². The van der Waals surface area contributed by atoms with E-state index in [0.29, 0.717) is 11.3 Å². The highest BCUT2D eigenvalue weighted by atomic mass is 16.5. The first-order chi connectivity index (χ1) is 8.56. The van der Waals surface area contributed by atoms with E-state index in [4.69, 9.17) is 10.5 Å². The van der Waals surface area contributed by atoms with Gasteiger partial charge in [0.15, 0.2) is 0 Å². The van der Waals surface area contributed by atoms with E-state index < -0.39 is 0 Å². The van der Waals surface area contributed by atoms with Gasteiger partial charge in [-0.3, -0.25) is 0 Å². The van der Waals surface area contributed by atoms with Gasteiger partial charge in [-0.2, -0.15) is 0 Å². The molecule has 1 aliphatic heterocycles. The van der Waals surface area contributed by atoms with Crippen molar-refractivity contribution in [3.8, 4) is 0 Å². The fraction of sp³-hybridized carbons (Fsp3) is 0.500. The number of nitrogens with zero attached hydrogens (tertiary/aromatic N) is 1. The molecule has 4 nitrogen and oxygen atoms in total. The van der Waals surface area contributed by atoms with E-state index in [1.807, 2.05) is 13.0 Å². The van der Waals surface area contributed by atoms with E-state index in [0.717, 1.165) is 31.5 Å². The van der Waals surface area contributed by atoms with Gasteiger partial charge in [0.05, 0.1) is 5.56 Å². The van der Waals surface area contributed by atoms with Gasteiger partial charge in [0, 0.05) is 18.8 Å². The molecule has 0 saturated carbocycles.